The van der Waals surface area contributed by atoms with Crippen LogP contribution in [0.3, 0.4) is 0 Å². The number of fused-ring (bicyclic) bond motifs is 2. The molecule has 2 aliphatic heterocycles. The van der Waals surface area contributed by atoms with Crippen molar-refractivity contribution in [3.05, 3.63) is 0 Å². The highest BCUT2D eigenvalue weighted by Crippen LogP contribution is 2.61. The van der Waals surface area contributed by atoms with Gasteiger partial charge in [-0.3, -0.25) is 4.79 Å². The zero-order valence-electron chi connectivity index (χ0n) is 12.8. The summed E-state index contributed by atoms with van der Waals surface area (Å²) in [5.41, 5.74) is -0.0290. The maximum atomic E-state index is 13.8. The Morgan fingerprint density at radius 3 is 1.81 bits per heavy atom. The average Bonchev–Trinajstić information content (AvgIpc) is 2.68. The summed E-state index contributed by atoms with van der Waals surface area (Å²) in [6.45, 7) is 0. The summed E-state index contributed by atoms with van der Waals surface area (Å²) in [5, 5.41) is 0. The number of piperidine rings is 1. The van der Waals surface area contributed by atoms with Gasteiger partial charge in [-0.2, -0.15) is 0 Å². The third-order valence-corrected chi connectivity index (χ3v) is 7.40. The van der Waals surface area contributed by atoms with Crippen LogP contribution in [0.25, 0.3) is 0 Å². The van der Waals surface area contributed by atoms with Gasteiger partial charge in [-0.25, -0.2) is 4.39 Å². The highest BCUT2D eigenvalue weighted by molar-refractivity contribution is 5.84. The normalized spacial score (nSPS) is 54.2. The van der Waals surface area contributed by atoms with Crippen LogP contribution in [0, 0.1) is 23.2 Å². The molecule has 2 nitrogen and oxygen atoms in total. The molecular formula is C18H26FNO. The minimum atomic E-state index is -0.664. The lowest BCUT2D eigenvalue weighted by Gasteiger charge is -2.57. The fraction of sp³-hybridized carbons (Fsp3) is 0.944. The van der Waals surface area contributed by atoms with Crippen LogP contribution in [0.1, 0.15) is 64.2 Å². The zero-order valence-corrected chi connectivity index (χ0v) is 12.8. The van der Waals surface area contributed by atoms with Crippen molar-refractivity contribution in [1.82, 2.24) is 4.90 Å². The van der Waals surface area contributed by atoms with Crippen LogP contribution in [0.15, 0.2) is 0 Å². The molecule has 2 unspecified atom stereocenters. The third-order valence-electron chi connectivity index (χ3n) is 7.40. The largest absolute Gasteiger partial charge is 0.336 e. The van der Waals surface area contributed by atoms with E-state index in [-0.39, 0.29) is 17.5 Å². The van der Waals surface area contributed by atoms with Crippen molar-refractivity contribution >= 4 is 5.91 Å². The Kier molecular flexibility index (Phi) is 2.60. The molecule has 4 aliphatic carbocycles. The molecule has 4 saturated carbocycles. The van der Waals surface area contributed by atoms with Crippen LogP contribution in [0.4, 0.5) is 4.39 Å². The first-order valence-electron chi connectivity index (χ1n) is 9.10. The maximum Gasteiger partial charge on any atom is 0.229 e. The highest BCUT2D eigenvalue weighted by atomic mass is 19.1. The molecule has 0 radical (unpaired) electrons. The quantitative estimate of drug-likeness (QED) is 0.721. The van der Waals surface area contributed by atoms with Crippen molar-refractivity contribution in [3.63, 3.8) is 0 Å². The van der Waals surface area contributed by atoms with Crippen LogP contribution in [-0.2, 0) is 4.79 Å². The smallest absolute Gasteiger partial charge is 0.229 e. The predicted octanol–water partition coefficient (Wildman–Crippen LogP) is 3.69. The molecule has 0 N–H and O–H groups in total. The molecular weight excluding hydrogens is 265 g/mol. The number of amides is 1. The molecule has 3 heteroatoms. The molecule has 6 aliphatic rings. The van der Waals surface area contributed by atoms with Crippen molar-refractivity contribution in [2.75, 3.05) is 0 Å². The molecule has 116 valence electrons. The lowest BCUT2D eigenvalue weighted by molar-refractivity contribution is -0.163. The first-order chi connectivity index (χ1) is 10.1. The Labute approximate surface area is 126 Å². The van der Waals surface area contributed by atoms with Gasteiger partial charge in [-0.05, 0) is 82.0 Å². The summed E-state index contributed by atoms with van der Waals surface area (Å²) in [6.07, 6.45) is 10.2. The fourth-order valence-corrected chi connectivity index (χ4v) is 7.09. The second kappa shape index (κ2) is 4.23. The van der Waals surface area contributed by atoms with Gasteiger partial charge >= 0.3 is 0 Å². The van der Waals surface area contributed by atoms with E-state index >= 15 is 0 Å². The maximum absolute atomic E-state index is 13.8. The van der Waals surface area contributed by atoms with Crippen LogP contribution < -0.4 is 0 Å². The number of rotatable bonds is 1. The Balaban J connectivity index is 1.44. The van der Waals surface area contributed by atoms with Gasteiger partial charge in [0.1, 0.15) is 6.17 Å². The van der Waals surface area contributed by atoms with Crippen LogP contribution >= 0.6 is 0 Å². The fourth-order valence-electron chi connectivity index (χ4n) is 7.09. The number of carbonyl (C=O) groups is 1. The molecule has 2 heterocycles. The standard InChI is InChI=1S/C18H26FNO/c19-14-6-15-1-2-16(7-14)20(15)17(21)18-8-11-3-12(9-18)5-13(4-11)10-18/h11-16H,1-10H2. The van der Waals surface area contributed by atoms with Gasteiger partial charge in [0.2, 0.25) is 5.91 Å². The van der Waals surface area contributed by atoms with E-state index in [0.29, 0.717) is 18.7 Å². The first kappa shape index (κ1) is 12.9. The zero-order chi connectivity index (χ0) is 14.2. The molecule has 2 saturated heterocycles. The Morgan fingerprint density at radius 1 is 0.857 bits per heavy atom. The summed E-state index contributed by atoms with van der Waals surface area (Å²) in [4.78, 5) is 15.6. The van der Waals surface area contributed by atoms with E-state index in [2.05, 4.69) is 4.90 Å². The van der Waals surface area contributed by atoms with Gasteiger partial charge in [0.25, 0.3) is 0 Å². The molecule has 1 amide bonds. The number of hydrogen-bond acceptors (Lipinski definition) is 1. The predicted molar refractivity (Wildman–Crippen MR) is 78.4 cm³/mol. The highest BCUT2D eigenvalue weighted by Gasteiger charge is 2.58. The summed E-state index contributed by atoms with van der Waals surface area (Å²) in [5.74, 6) is 2.89. The minimum Gasteiger partial charge on any atom is -0.336 e. The van der Waals surface area contributed by atoms with Gasteiger partial charge in [-0.15, -0.1) is 0 Å². The number of carbonyl (C=O) groups excluding carboxylic acids is 1. The molecule has 0 aromatic heterocycles. The lowest BCUT2D eigenvalue weighted by atomic mass is 9.49. The topological polar surface area (TPSA) is 20.3 Å². The monoisotopic (exact) mass is 291 g/mol. The van der Waals surface area contributed by atoms with E-state index in [4.69, 9.17) is 0 Å². The van der Waals surface area contributed by atoms with E-state index in [1.807, 2.05) is 0 Å². The van der Waals surface area contributed by atoms with Gasteiger partial charge in [0.15, 0.2) is 0 Å². The number of halogens is 1. The van der Waals surface area contributed by atoms with Crippen molar-refractivity contribution in [3.8, 4) is 0 Å². The summed E-state index contributed by atoms with van der Waals surface area (Å²) < 4.78 is 13.8. The first-order valence-corrected chi connectivity index (χ1v) is 9.10. The SMILES string of the molecule is O=C(N1C2CCC1CC(F)C2)C12CC3CC(CC(C3)C1)C2. The number of nitrogens with zero attached hydrogens (tertiary/aromatic N) is 1. The molecule has 6 fully saturated rings. The van der Waals surface area contributed by atoms with Crippen LogP contribution in [0.5, 0.6) is 0 Å². The van der Waals surface area contributed by atoms with Crippen molar-refractivity contribution in [1.29, 1.82) is 0 Å². The molecule has 2 atom stereocenters. The summed E-state index contributed by atoms with van der Waals surface area (Å²) >= 11 is 0. The molecule has 0 spiro atoms. The Morgan fingerprint density at radius 2 is 1.33 bits per heavy atom. The second-order valence-electron chi connectivity index (χ2n) is 8.86. The number of hydrogen-bond donors (Lipinski definition) is 0. The lowest BCUT2D eigenvalue weighted by Crippen LogP contribution is -2.58. The van der Waals surface area contributed by atoms with Gasteiger partial charge in [0.05, 0.1) is 5.41 Å². The molecule has 0 aromatic rings. The van der Waals surface area contributed by atoms with E-state index in [9.17, 15) is 9.18 Å². The molecule has 21 heavy (non-hydrogen) atoms. The van der Waals surface area contributed by atoms with Crippen LogP contribution in [-0.4, -0.2) is 29.1 Å². The molecule has 0 aromatic carbocycles. The Bertz CT molecular complexity index is 427. The van der Waals surface area contributed by atoms with Gasteiger partial charge in [-0.1, -0.05) is 0 Å². The van der Waals surface area contributed by atoms with E-state index in [1.54, 1.807) is 0 Å². The summed E-state index contributed by atoms with van der Waals surface area (Å²) in [6, 6.07) is 0.443. The second-order valence-corrected chi connectivity index (χ2v) is 8.86. The van der Waals surface area contributed by atoms with E-state index in [1.165, 1.54) is 19.3 Å². The third kappa shape index (κ3) is 1.78. The van der Waals surface area contributed by atoms with E-state index < -0.39 is 6.17 Å². The van der Waals surface area contributed by atoms with Gasteiger partial charge in [0, 0.05) is 12.1 Å². The minimum absolute atomic E-state index is 0.0290. The molecule has 6 bridgehead atoms. The number of alkyl halides is 1. The average molecular weight is 291 g/mol. The molecule has 6 rings (SSSR count). The van der Waals surface area contributed by atoms with E-state index in [0.717, 1.165) is 49.9 Å². The Hall–Kier alpha value is -0.600. The van der Waals surface area contributed by atoms with Crippen LogP contribution in [0.2, 0.25) is 0 Å². The summed E-state index contributed by atoms with van der Waals surface area (Å²) in [7, 11) is 0. The van der Waals surface area contributed by atoms with Gasteiger partial charge < -0.3 is 4.90 Å². The van der Waals surface area contributed by atoms with Crippen molar-refractivity contribution in [2.45, 2.75) is 82.5 Å². The van der Waals surface area contributed by atoms with Crippen molar-refractivity contribution < 1.29 is 9.18 Å². The van der Waals surface area contributed by atoms with Crippen molar-refractivity contribution in [2.24, 2.45) is 23.2 Å².